The number of pyridine rings is 1. The first kappa shape index (κ1) is 24.2. The molecule has 4 aromatic heterocycles. The second-order valence-electron chi connectivity index (χ2n) is 7.66. The first-order chi connectivity index (χ1) is 15.7. The molecule has 4 heterocycles. The molecule has 2 radical (unpaired) electrons. The molecule has 4 rings (SSSR count). The number of nitrogen functional groups attached to an aromatic ring is 1. The Morgan fingerprint density at radius 2 is 2.06 bits per heavy atom. The minimum absolute atomic E-state index is 0.0930. The predicted octanol–water partition coefficient (Wildman–Crippen LogP) is 3.00. The van der Waals surface area contributed by atoms with Gasteiger partial charge in [-0.25, -0.2) is 28.2 Å². The summed E-state index contributed by atoms with van der Waals surface area (Å²) in [6.45, 7) is 10.2. The molecular formula is C22H27BF2N8. The van der Waals surface area contributed by atoms with Gasteiger partial charge in [0.25, 0.3) is 6.43 Å². The second-order valence-corrected chi connectivity index (χ2v) is 7.66. The van der Waals surface area contributed by atoms with E-state index in [-0.39, 0.29) is 5.95 Å². The van der Waals surface area contributed by atoms with E-state index in [9.17, 15) is 8.78 Å². The lowest BCUT2D eigenvalue weighted by Crippen LogP contribution is -2.13. The summed E-state index contributed by atoms with van der Waals surface area (Å²) in [7, 11) is 5.97. The van der Waals surface area contributed by atoms with Gasteiger partial charge in [0, 0.05) is 17.8 Å². The molecule has 0 unspecified atom stereocenters. The van der Waals surface area contributed by atoms with E-state index >= 15 is 0 Å². The number of imidazole rings is 1. The van der Waals surface area contributed by atoms with Gasteiger partial charge in [-0.1, -0.05) is 19.9 Å². The number of allylic oxidation sites excluding steroid dienone is 1. The van der Waals surface area contributed by atoms with Crippen LogP contribution in [0.1, 0.15) is 32.5 Å². The van der Waals surface area contributed by atoms with Crippen LogP contribution in [0.4, 0.5) is 14.7 Å². The summed E-state index contributed by atoms with van der Waals surface area (Å²) in [6.07, 6.45) is 1.54. The quantitative estimate of drug-likeness (QED) is 0.331. The van der Waals surface area contributed by atoms with Crippen molar-refractivity contribution in [1.29, 1.82) is 0 Å². The van der Waals surface area contributed by atoms with Crippen molar-refractivity contribution in [3.05, 3.63) is 42.5 Å². The van der Waals surface area contributed by atoms with E-state index in [2.05, 4.69) is 38.9 Å². The van der Waals surface area contributed by atoms with E-state index in [1.54, 1.807) is 31.3 Å². The fourth-order valence-electron chi connectivity index (χ4n) is 3.33. The minimum Gasteiger partial charge on any atom is -0.389 e. The Labute approximate surface area is 192 Å². The topological polar surface area (TPSA) is 99.0 Å². The first-order valence-electron chi connectivity index (χ1n) is 10.6. The maximum absolute atomic E-state index is 12.9. The van der Waals surface area contributed by atoms with E-state index < -0.39 is 13.0 Å². The molecule has 8 nitrogen and oxygen atoms in total. The number of rotatable bonds is 7. The zero-order chi connectivity index (χ0) is 24.1. The van der Waals surface area contributed by atoms with Crippen LogP contribution < -0.4 is 16.6 Å². The van der Waals surface area contributed by atoms with Crippen molar-refractivity contribution in [2.45, 2.75) is 46.6 Å². The maximum atomic E-state index is 12.9. The summed E-state index contributed by atoms with van der Waals surface area (Å²) >= 11 is 0. The van der Waals surface area contributed by atoms with Crippen molar-refractivity contribution >= 4 is 36.1 Å². The Hall–Kier alpha value is -3.50. The van der Waals surface area contributed by atoms with Crippen LogP contribution in [0, 0.1) is 6.92 Å². The van der Waals surface area contributed by atoms with Crippen molar-refractivity contribution in [1.82, 2.24) is 34.4 Å². The van der Waals surface area contributed by atoms with E-state index in [0.29, 0.717) is 39.4 Å². The third-order valence-electron chi connectivity index (χ3n) is 4.90. The molecule has 0 aliphatic rings. The zero-order valence-corrected chi connectivity index (χ0v) is 19.0. The third-order valence-corrected chi connectivity index (χ3v) is 4.90. The van der Waals surface area contributed by atoms with Crippen molar-refractivity contribution in [3.8, 4) is 11.3 Å². The summed E-state index contributed by atoms with van der Waals surface area (Å²) in [5, 5.41) is 7.21. The number of alkyl halides is 2. The molecule has 0 amide bonds. The second kappa shape index (κ2) is 10.4. The van der Waals surface area contributed by atoms with Crippen molar-refractivity contribution in [2.24, 2.45) is 0 Å². The fraction of sp³-hybridized carbons (Fsp3) is 0.364. The Kier molecular flexibility index (Phi) is 7.62. The zero-order valence-electron chi connectivity index (χ0n) is 19.0. The number of hydrogen-bond acceptors (Lipinski definition) is 6. The summed E-state index contributed by atoms with van der Waals surface area (Å²) in [5.74, 6) is 0.577. The van der Waals surface area contributed by atoms with Crippen LogP contribution in [0.3, 0.4) is 0 Å². The number of nitrogens with two attached hydrogens (primary N) is 1. The predicted molar refractivity (Wildman–Crippen MR) is 128 cm³/mol. The molecule has 0 bridgehead atoms. The van der Waals surface area contributed by atoms with E-state index in [1.807, 2.05) is 6.92 Å². The Morgan fingerprint density at radius 1 is 1.30 bits per heavy atom. The number of halogens is 2. The molecule has 3 N–H and O–H groups in total. The highest BCUT2D eigenvalue weighted by atomic mass is 19.3. The Balaban J connectivity index is 0.000000331. The molecule has 0 saturated carbocycles. The van der Waals surface area contributed by atoms with Gasteiger partial charge in [0.05, 0.1) is 24.0 Å². The lowest BCUT2D eigenvalue weighted by atomic mass is 10.0. The standard InChI is InChI=1S/C15H12BF2N7.C7H15N/c1-7-21-10-3-2-9(22-14(10)24(7)6-13(17)18)8-4-12(16)25-11(8)5-20-15(19)23-25;1-4-5-6-8-7(2)3/h2-5,13H,6H2,1H3,(H2,19,23);8H,2,4-6H2,1,3H3. The molecule has 0 fully saturated rings. The van der Waals surface area contributed by atoms with Gasteiger partial charge in [0.2, 0.25) is 5.95 Å². The third kappa shape index (κ3) is 5.66. The van der Waals surface area contributed by atoms with E-state index in [4.69, 9.17) is 13.6 Å². The molecule has 0 atom stereocenters. The minimum atomic E-state index is -2.50. The van der Waals surface area contributed by atoms with Gasteiger partial charge in [-0.05, 0) is 44.1 Å². The number of fused-ring (bicyclic) bond motifs is 2. The largest absolute Gasteiger partial charge is 0.389 e. The van der Waals surface area contributed by atoms with Gasteiger partial charge < -0.3 is 15.6 Å². The van der Waals surface area contributed by atoms with Crippen LogP contribution in [0.5, 0.6) is 0 Å². The molecule has 11 heteroatoms. The first-order valence-corrected chi connectivity index (χ1v) is 10.6. The van der Waals surface area contributed by atoms with Gasteiger partial charge in [-0.3, -0.25) is 0 Å². The summed E-state index contributed by atoms with van der Waals surface area (Å²) in [4.78, 5) is 12.8. The molecule has 0 aromatic carbocycles. The summed E-state index contributed by atoms with van der Waals surface area (Å²) in [5.41, 5.74) is 9.84. The highest BCUT2D eigenvalue weighted by Crippen LogP contribution is 2.25. The molecule has 0 spiro atoms. The lowest BCUT2D eigenvalue weighted by Gasteiger charge is -2.06. The van der Waals surface area contributed by atoms with Gasteiger partial charge in [0.1, 0.15) is 19.2 Å². The van der Waals surface area contributed by atoms with Gasteiger partial charge in [0.15, 0.2) is 5.65 Å². The van der Waals surface area contributed by atoms with Crippen molar-refractivity contribution < 1.29 is 8.78 Å². The fourth-order valence-corrected chi connectivity index (χ4v) is 3.33. The average molecular weight is 452 g/mol. The molecule has 172 valence electrons. The average Bonchev–Trinajstić information content (AvgIpc) is 3.24. The molecule has 0 aliphatic heterocycles. The number of unbranched alkanes of at least 4 members (excludes halogenated alkanes) is 1. The number of aromatic nitrogens is 6. The van der Waals surface area contributed by atoms with Crippen molar-refractivity contribution in [3.63, 3.8) is 0 Å². The summed E-state index contributed by atoms with van der Waals surface area (Å²) in [6, 6.07) is 5.19. The number of hydrogen-bond donors (Lipinski definition) is 2. The van der Waals surface area contributed by atoms with E-state index in [0.717, 1.165) is 12.2 Å². The monoisotopic (exact) mass is 452 g/mol. The smallest absolute Gasteiger partial charge is 0.256 e. The van der Waals surface area contributed by atoms with Crippen LogP contribution in [-0.4, -0.2) is 49.9 Å². The molecule has 0 aliphatic carbocycles. The number of anilines is 1. The molecule has 0 saturated heterocycles. The van der Waals surface area contributed by atoms with Crippen LogP contribution >= 0.6 is 0 Å². The van der Waals surface area contributed by atoms with Crippen LogP contribution in [-0.2, 0) is 6.54 Å². The SMILES string of the molecule is C=C(C)NCCCC.[B]c1cc(-c2ccc3nc(C)n(CC(F)F)c3n2)c2cnc(N)nn12. The lowest BCUT2D eigenvalue weighted by molar-refractivity contribution is 0.127. The normalized spacial score (nSPS) is 11.1. The molecule has 4 aromatic rings. The maximum Gasteiger partial charge on any atom is 0.256 e. The number of nitrogens with one attached hydrogen (secondary N) is 1. The van der Waals surface area contributed by atoms with Gasteiger partial charge in [-0.15, -0.1) is 5.10 Å². The summed E-state index contributed by atoms with van der Waals surface area (Å²) < 4.78 is 28.6. The van der Waals surface area contributed by atoms with Gasteiger partial charge >= 0.3 is 0 Å². The Morgan fingerprint density at radius 3 is 2.73 bits per heavy atom. The number of aryl methyl sites for hydroxylation is 1. The van der Waals surface area contributed by atoms with Crippen LogP contribution in [0.2, 0.25) is 0 Å². The number of nitrogens with zero attached hydrogens (tertiary/aromatic N) is 6. The van der Waals surface area contributed by atoms with Crippen molar-refractivity contribution in [2.75, 3.05) is 12.3 Å². The molecular weight excluding hydrogens is 425 g/mol. The highest BCUT2D eigenvalue weighted by molar-refractivity contribution is 6.32. The van der Waals surface area contributed by atoms with E-state index in [1.165, 1.54) is 21.9 Å². The molecule has 33 heavy (non-hydrogen) atoms. The van der Waals surface area contributed by atoms with Gasteiger partial charge in [-0.2, -0.15) is 0 Å². The van der Waals surface area contributed by atoms with Crippen LogP contribution in [0.25, 0.3) is 27.9 Å². The highest BCUT2D eigenvalue weighted by Gasteiger charge is 2.16. The Bertz CT molecular complexity index is 1260. The van der Waals surface area contributed by atoms with Crippen LogP contribution in [0.15, 0.2) is 36.7 Å².